The number of carbonyl (C=O) groups excluding carboxylic acids is 2. The fraction of sp³-hybridized carbons (Fsp3) is 0.450. The number of aromatic nitrogens is 1. The van der Waals surface area contributed by atoms with E-state index in [1.807, 2.05) is 29.6 Å². The van der Waals surface area contributed by atoms with Crippen molar-refractivity contribution in [1.82, 2.24) is 4.98 Å². The second-order valence-electron chi connectivity index (χ2n) is 7.15. The van der Waals surface area contributed by atoms with E-state index in [1.54, 1.807) is 0 Å². The molecule has 0 amide bonds. The highest BCUT2D eigenvalue weighted by atomic mass is 35.5. The summed E-state index contributed by atoms with van der Waals surface area (Å²) < 4.78 is 5.51. The molecule has 2 aliphatic carbocycles. The van der Waals surface area contributed by atoms with Crippen LogP contribution in [0, 0.1) is 17.8 Å². The maximum atomic E-state index is 12.5. The average Bonchev–Trinajstić information content (AvgIpc) is 3.09. The largest absolute Gasteiger partial charge is 0.459 e. The number of fused-ring (bicyclic) bond motifs is 2. The van der Waals surface area contributed by atoms with Gasteiger partial charge in [0.25, 0.3) is 0 Å². The molecular formula is C20H20ClNO3S. The van der Waals surface area contributed by atoms with E-state index in [0.717, 1.165) is 35.5 Å². The van der Waals surface area contributed by atoms with Crippen molar-refractivity contribution in [2.45, 2.75) is 38.7 Å². The molecule has 4 nitrogen and oxygen atoms in total. The number of Topliss-reactive ketones (excluding diaryl/α,β-unsaturated/α-hetero) is 1. The summed E-state index contributed by atoms with van der Waals surface area (Å²) in [5.74, 6) is 0.173. The topological polar surface area (TPSA) is 56.3 Å². The predicted octanol–water partition coefficient (Wildman–Crippen LogP) is 4.90. The summed E-state index contributed by atoms with van der Waals surface area (Å²) in [7, 11) is 0. The number of benzene rings is 1. The van der Waals surface area contributed by atoms with Gasteiger partial charge in [-0.15, -0.1) is 11.3 Å². The Morgan fingerprint density at radius 3 is 2.58 bits per heavy atom. The van der Waals surface area contributed by atoms with Gasteiger partial charge >= 0.3 is 5.97 Å². The first-order valence-corrected chi connectivity index (χ1v) is 10.3. The Balaban J connectivity index is 1.35. The first-order chi connectivity index (χ1) is 12.6. The van der Waals surface area contributed by atoms with E-state index in [0.29, 0.717) is 23.6 Å². The number of carbonyl (C=O) groups is 2. The molecule has 0 saturated heterocycles. The molecule has 1 aromatic carbocycles. The lowest BCUT2D eigenvalue weighted by Crippen LogP contribution is -2.39. The third-order valence-corrected chi connectivity index (χ3v) is 6.58. The lowest BCUT2D eigenvalue weighted by Gasteiger charge is -2.36. The second kappa shape index (κ2) is 7.49. The minimum atomic E-state index is -0.185. The minimum absolute atomic E-state index is 0.0656. The first-order valence-electron chi connectivity index (χ1n) is 9.01. The van der Waals surface area contributed by atoms with Crippen LogP contribution < -0.4 is 0 Å². The quantitative estimate of drug-likeness (QED) is 0.697. The third kappa shape index (κ3) is 3.69. The van der Waals surface area contributed by atoms with Crippen molar-refractivity contribution in [3.8, 4) is 10.6 Å². The normalized spacial score (nSPS) is 25.1. The van der Waals surface area contributed by atoms with Gasteiger partial charge in [0.1, 0.15) is 17.4 Å². The summed E-state index contributed by atoms with van der Waals surface area (Å²) in [6.45, 7) is 0.183. The van der Waals surface area contributed by atoms with Crippen molar-refractivity contribution >= 4 is 34.7 Å². The molecule has 2 saturated carbocycles. The zero-order valence-electron chi connectivity index (χ0n) is 14.3. The van der Waals surface area contributed by atoms with Gasteiger partial charge in [0.15, 0.2) is 0 Å². The number of ether oxygens (including phenoxy) is 1. The van der Waals surface area contributed by atoms with E-state index in [-0.39, 0.29) is 30.3 Å². The van der Waals surface area contributed by atoms with Crippen LogP contribution in [0.3, 0.4) is 0 Å². The third-order valence-electron chi connectivity index (χ3n) is 5.39. The van der Waals surface area contributed by atoms with E-state index >= 15 is 0 Å². The molecular weight excluding hydrogens is 370 g/mol. The van der Waals surface area contributed by atoms with Crippen LogP contribution in [0.4, 0.5) is 0 Å². The molecule has 26 heavy (non-hydrogen) atoms. The molecule has 136 valence electrons. The maximum Gasteiger partial charge on any atom is 0.309 e. The predicted molar refractivity (Wildman–Crippen MR) is 101 cm³/mol. The molecule has 2 bridgehead atoms. The Morgan fingerprint density at radius 1 is 1.19 bits per heavy atom. The lowest BCUT2D eigenvalue weighted by molar-refractivity contribution is -0.154. The highest BCUT2D eigenvalue weighted by Crippen LogP contribution is 2.40. The van der Waals surface area contributed by atoms with Crippen molar-refractivity contribution in [1.29, 1.82) is 0 Å². The number of hydrogen-bond acceptors (Lipinski definition) is 5. The maximum absolute atomic E-state index is 12.5. The molecule has 0 N–H and O–H groups in total. The molecule has 0 unspecified atom stereocenters. The van der Waals surface area contributed by atoms with Crippen molar-refractivity contribution in [2.24, 2.45) is 17.8 Å². The van der Waals surface area contributed by atoms with Crippen LogP contribution in [-0.4, -0.2) is 16.7 Å². The zero-order chi connectivity index (χ0) is 18.1. The SMILES string of the molecule is O=C(OCc1csc(-c2ccc(Cl)cc2)n1)C1C[C@@H]2CCC[C@@H](C1)C2=O. The van der Waals surface area contributed by atoms with Crippen LogP contribution in [0.25, 0.3) is 10.6 Å². The van der Waals surface area contributed by atoms with Gasteiger partial charge < -0.3 is 4.74 Å². The van der Waals surface area contributed by atoms with Crippen molar-refractivity contribution in [3.63, 3.8) is 0 Å². The van der Waals surface area contributed by atoms with Crippen LogP contribution in [0.2, 0.25) is 5.02 Å². The molecule has 0 spiro atoms. The van der Waals surface area contributed by atoms with Gasteiger partial charge in [0, 0.05) is 27.8 Å². The summed E-state index contributed by atoms with van der Waals surface area (Å²) in [6.07, 6.45) is 4.27. The van der Waals surface area contributed by atoms with Crippen LogP contribution >= 0.6 is 22.9 Å². The average molecular weight is 390 g/mol. The fourth-order valence-electron chi connectivity index (χ4n) is 4.03. The number of ketones is 1. The van der Waals surface area contributed by atoms with E-state index < -0.39 is 0 Å². The Labute approximate surface area is 161 Å². The molecule has 2 atom stereocenters. The van der Waals surface area contributed by atoms with Gasteiger partial charge in [-0.3, -0.25) is 9.59 Å². The summed E-state index contributed by atoms with van der Waals surface area (Å²) >= 11 is 7.43. The molecule has 2 aromatic rings. The van der Waals surface area contributed by atoms with Gasteiger partial charge in [0.2, 0.25) is 0 Å². The van der Waals surface area contributed by atoms with Crippen molar-refractivity contribution in [3.05, 3.63) is 40.4 Å². The Morgan fingerprint density at radius 2 is 1.88 bits per heavy atom. The molecule has 0 radical (unpaired) electrons. The van der Waals surface area contributed by atoms with Gasteiger partial charge in [0.05, 0.1) is 11.6 Å². The van der Waals surface area contributed by atoms with Crippen molar-refractivity contribution < 1.29 is 14.3 Å². The summed E-state index contributed by atoms with van der Waals surface area (Å²) in [5.41, 5.74) is 1.75. The number of esters is 1. The second-order valence-corrected chi connectivity index (χ2v) is 8.45. The Bertz CT molecular complexity index is 801. The van der Waals surface area contributed by atoms with Gasteiger partial charge in [-0.05, 0) is 37.8 Å². The molecule has 1 aromatic heterocycles. The summed E-state index contributed by atoms with van der Waals surface area (Å²) in [6, 6.07) is 7.52. The molecule has 6 heteroatoms. The van der Waals surface area contributed by atoms with E-state index in [2.05, 4.69) is 4.98 Å². The van der Waals surface area contributed by atoms with Crippen LogP contribution in [0.5, 0.6) is 0 Å². The molecule has 0 aliphatic heterocycles. The van der Waals surface area contributed by atoms with E-state index in [4.69, 9.17) is 16.3 Å². The standard InChI is InChI=1S/C20H20ClNO3S/c21-16-6-4-12(5-7-16)19-22-17(11-26-19)10-25-20(24)15-8-13-2-1-3-14(9-15)18(13)23/h4-7,11,13-15H,1-3,8-10H2/t13-,14-/m0/s1. The Hall–Kier alpha value is -1.72. The highest BCUT2D eigenvalue weighted by Gasteiger charge is 2.41. The molecule has 2 aliphatic rings. The van der Waals surface area contributed by atoms with E-state index in [9.17, 15) is 9.59 Å². The van der Waals surface area contributed by atoms with Crippen LogP contribution in [0.1, 0.15) is 37.8 Å². The number of halogens is 1. The molecule has 4 rings (SSSR count). The smallest absolute Gasteiger partial charge is 0.309 e. The number of nitrogens with zero attached hydrogens (tertiary/aromatic N) is 1. The minimum Gasteiger partial charge on any atom is -0.459 e. The van der Waals surface area contributed by atoms with Crippen molar-refractivity contribution in [2.75, 3.05) is 0 Å². The molecule has 1 heterocycles. The summed E-state index contributed by atoms with van der Waals surface area (Å²) in [4.78, 5) is 29.1. The van der Waals surface area contributed by atoms with Crippen LogP contribution in [-0.2, 0) is 20.9 Å². The lowest BCUT2D eigenvalue weighted by atomic mass is 9.67. The van der Waals surface area contributed by atoms with E-state index in [1.165, 1.54) is 11.3 Å². The van der Waals surface area contributed by atoms with Gasteiger partial charge in [-0.25, -0.2) is 4.98 Å². The van der Waals surface area contributed by atoms with Crippen LogP contribution in [0.15, 0.2) is 29.6 Å². The summed E-state index contributed by atoms with van der Waals surface area (Å²) in [5, 5.41) is 3.48. The monoisotopic (exact) mass is 389 g/mol. The fourth-order valence-corrected chi connectivity index (χ4v) is 4.97. The first kappa shape index (κ1) is 17.7. The van der Waals surface area contributed by atoms with Gasteiger partial charge in [-0.1, -0.05) is 30.2 Å². The number of thiazole rings is 1. The number of hydrogen-bond donors (Lipinski definition) is 0. The Kier molecular flexibility index (Phi) is 5.09. The number of rotatable bonds is 4. The highest BCUT2D eigenvalue weighted by molar-refractivity contribution is 7.13. The molecule has 2 fully saturated rings. The zero-order valence-corrected chi connectivity index (χ0v) is 15.9. The van der Waals surface area contributed by atoms with Gasteiger partial charge in [-0.2, -0.15) is 0 Å².